The van der Waals surface area contributed by atoms with Crippen molar-refractivity contribution in [2.45, 2.75) is 39.7 Å². The molecule has 7 heteroatoms. The van der Waals surface area contributed by atoms with Gasteiger partial charge in [0.15, 0.2) is 9.84 Å². The zero-order valence-electron chi connectivity index (χ0n) is 14.8. The van der Waals surface area contributed by atoms with Gasteiger partial charge in [-0.3, -0.25) is 9.59 Å². The maximum absolute atomic E-state index is 12.4. The molecule has 1 heterocycles. The van der Waals surface area contributed by atoms with E-state index >= 15 is 0 Å². The molecule has 1 saturated carbocycles. The Morgan fingerprint density at radius 1 is 1.04 bits per heavy atom. The highest BCUT2D eigenvalue weighted by Crippen LogP contribution is 2.40. The second kappa shape index (κ2) is 6.44. The van der Waals surface area contributed by atoms with Crippen LogP contribution in [0.4, 0.5) is 5.69 Å². The van der Waals surface area contributed by atoms with E-state index in [9.17, 15) is 18.0 Å². The Hall–Kier alpha value is -1.89. The number of rotatable bonds is 4. The maximum atomic E-state index is 12.4. The van der Waals surface area contributed by atoms with Crippen LogP contribution in [0.25, 0.3) is 0 Å². The molecule has 1 aliphatic carbocycles. The first-order valence-electron chi connectivity index (χ1n) is 8.56. The number of hydrogen-bond acceptors (Lipinski definition) is 4. The van der Waals surface area contributed by atoms with Crippen molar-refractivity contribution in [3.05, 3.63) is 28.8 Å². The van der Waals surface area contributed by atoms with E-state index in [0.29, 0.717) is 12.8 Å². The van der Waals surface area contributed by atoms with Crippen molar-refractivity contribution >= 4 is 27.3 Å². The minimum atomic E-state index is -3.02. The molecule has 2 amide bonds. The Balaban J connectivity index is 1.56. The summed E-state index contributed by atoms with van der Waals surface area (Å²) in [6, 6.07) is 3.71. The van der Waals surface area contributed by atoms with Crippen molar-refractivity contribution in [1.29, 1.82) is 0 Å². The summed E-state index contributed by atoms with van der Waals surface area (Å²) in [4.78, 5) is 24.7. The summed E-state index contributed by atoms with van der Waals surface area (Å²) in [7, 11) is -3.02. The van der Waals surface area contributed by atoms with Gasteiger partial charge in [0.2, 0.25) is 11.8 Å². The molecule has 0 aromatic heterocycles. The van der Waals surface area contributed by atoms with Gasteiger partial charge in [-0.05, 0) is 44.7 Å². The van der Waals surface area contributed by atoms with Crippen LogP contribution < -0.4 is 10.6 Å². The van der Waals surface area contributed by atoms with Gasteiger partial charge in [-0.1, -0.05) is 17.7 Å². The van der Waals surface area contributed by atoms with Gasteiger partial charge in [-0.15, -0.1) is 0 Å². The number of benzene rings is 1. The third kappa shape index (κ3) is 4.03. The van der Waals surface area contributed by atoms with Crippen molar-refractivity contribution in [3.63, 3.8) is 0 Å². The Morgan fingerprint density at radius 2 is 1.64 bits per heavy atom. The number of aryl methyl sites for hydroxylation is 3. The van der Waals surface area contributed by atoms with Crippen LogP contribution in [0.1, 0.15) is 29.5 Å². The largest absolute Gasteiger partial charge is 0.352 e. The van der Waals surface area contributed by atoms with Crippen molar-refractivity contribution < 1.29 is 18.0 Å². The predicted molar refractivity (Wildman–Crippen MR) is 96.1 cm³/mol. The fourth-order valence-corrected chi connectivity index (χ4v) is 5.26. The third-order valence-electron chi connectivity index (χ3n) is 4.97. The highest BCUT2D eigenvalue weighted by atomic mass is 32.2. The molecule has 2 fully saturated rings. The molecule has 2 aliphatic rings. The van der Waals surface area contributed by atoms with Crippen molar-refractivity contribution in [2.24, 2.45) is 11.8 Å². The average Bonchev–Trinajstić information content (AvgIpc) is 3.22. The molecule has 3 unspecified atom stereocenters. The van der Waals surface area contributed by atoms with Gasteiger partial charge in [-0.2, -0.15) is 0 Å². The average molecular weight is 364 g/mol. The molecule has 6 nitrogen and oxygen atoms in total. The molecule has 3 rings (SSSR count). The number of hydrogen-bond donors (Lipinski definition) is 2. The Morgan fingerprint density at radius 3 is 2.20 bits per heavy atom. The first-order chi connectivity index (χ1) is 11.7. The van der Waals surface area contributed by atoms with Crippen LogP contribution in [0.15, 0.2) is 12.1 Å². The van der Waals surface area contributed by atoms with Crippen LogP contribution >= 0.6 is 0 Å². The Bertz CT molecular complexity index is 808. The van der Waals surface area contributed by atoms with Crippen molar-refractivity contribution in [2.75, 3.05) is 16.8 Å². The Labute approximate surface area is 148 Å². The van der Waals surface area contributed by atoms with Gasteiger partial charge in [0.05, 0.1) is 23.3 Å². The van der Waals surface area contributed by atoms with E-state index in [2.05, 4.69) is 10.6 Å². The van der Waals surface area contributed by atoms with Crippen LogP contribution in [0.2, 0.25) is 0 Å². The van der Waals surface area contributed by atoms with Crippen molar-refractivity contribution in [1.82, 2.24) is 5.32 Å². The summed E-state index contributed by atoms with van der Waals surface area (Å²) < 4.78 is 22.9. The highest BCUT2D eigenvalue weighted by molar-refractivity contribution is 7.91. The number of amides is 2. The molecule has 136 valence electrons. The lowest BCUT2D eigenvalue weighted by Crippen LogP contribution is -2.37. The lowest BCUT2D eigenvalue weighted by molar-refractivity contribution is -0.125. The van der Waals surface area contributed by atoms with Gasteiger partial charge in [0.1, 0.15) is 0 Å². The minimum absolute atomic E-state index is 0.00405. The smallest absolute Gasteiger partial charge is 0.228 e. The quantitative estimate of drug-likeness (QED) is 0.847. The zero-order valence-corrected chi connectivity index (χ0v) is 15.6. The van der Waals surface area contributed by atoms with Crippen molar-refractivity contribution in [3.8, 4) is 0 Å². The number of carbonyl (C=O) groups excluding carboxylic acids is 2. The normalized spacial score (nSPS) is 26.9. The van der Waals surface area contributed by atoms with Crippen LogP contribution in [-0.4, -0.2) is 37.8 Å². The van der Waals surface area contributed by atoms with Gasteiger partial charge in [0, 0.05) is 11.7 Å². The molecule has 0 spiro atoms. The van der Waals surface area contributed by atoms with E-state index in [1.165, 1.54) is 0 Å². The molecule has 1 saturated heterocycles. The maximum Gasteiger partial charge on any atom is 0.228 e. The molecule has 1 aromatic carbocycles. The molecule has 25 heavy (non-hydrogen) atoms. The SMILES string of the molecule is Cc1cc(C)c(NC(=O)C2CC2C(=O)NC2CCS(=O)(=O)C2)c(C)c1. The summed E-state index contributed by atoms with van der Waals surface area (Å²) in [6.07, 6.45) is 0.973. The molecule has 1 aromatic rings. The minimum Gasteiger partial charge on any atom is -0.352 e. The molecule has 1 aliphatic heterocycles. The summed E-state index contributed by atoms with van der Waals surface area (Å²) >= 11 is 0. The number of carbonyl (C=O) groups is 2. The Kier molecular flexibility index (Phi) is 4.62. The standard InChI is InChI=1S/C18H24N2O4S/c1-10-6-11(2)16(12(3)7-10)20-18(22)15-8-14(15)17(21)19-13-4-5-25(23,24)9-13/h6-7,13-15H,4-5,8-9H2,1-3H3,(H,19,21)(H,20,22). The van der Waals surface area contributed by atoms with E-state index in [-0.39, 0.29) is 41.2 Å². The molecule has 2 N–H and O–H groups in total. The third-order valence-corrected chi connectivity index (χ3v) is 6.74. The molecular formula is C18H24N2O4S. The molecular weight excluding hydrogens is 340 g/mol. The number of sulfone groups is 1. The van der Waals surface area contributed by atoms with Crippen LogP contribution in [-0.2, 0) is 19.4 Å². The predicted octanol–water partition coefficient (Wildman–Crippen LogP) is 1.49. The second-order valence-electron chi connectivity index (χ2n) is 7.32. The van der Waals surface area contributed by atoms with Gasteiger partial charge < -0.3 is 10.6 Å². The van der Waals surface area contributed by atoms with E-state index in [1.54, 1.807) is 0 Å². The summed E-state index contributed by atoms with van der Waals surface area (Å²) in [5.74, 6) is -0.913. The van der Waals surface area contributed by atoms with Gasteiger partial charge in [0.25, 0.3) is 0 Å². The first kappa shape index (κ1) is 17.9. The van der Waals surface area contributed by atoms with E-state index in [1.807, 2.05) is 32.9 Å². The van der Waals surface area contributed by atoms with Crippen LogP contribution in [0.3, 0.4) is 0 Å². The molecule has 3 atom stereocenters. The fourth-order valence-electron chi connectivity index (χ4n) is 3.58. The van der Waals surface area contributed by atoms with E-state index in [4.69, 9.17) is 0 Å². The molecule has 0 bridgehead atoms. The van der Waals surface area contributed by atoms with Crippen LogP contribution in [0, 0.1) is 32.6 Å². The molecule has 0 radical (unpaired) electrons. The van der Waals surface area contributed by atoms with E-state index < -0.39 is 9.84 Å². The highest BCUT2D eigenvalue weighted by Gasteiger charge is 2.49. The number of anilines is 1. The first-order valence-corrected chi connectivity index (χ1v) is 10.4. The van der Waals surface area contributed by atoms with Gasteiger partial charge >= 0.3 is 0 Å². The summed E-state index contributed by atoms with van der Waals surface area (Å²) in [5.41, 5.74) is 3.96. The lowest BCUT2D eigenvalue weighted by Gasteiger charge is -2.13. The lowest BCUT2D eigenvalue weighted by atomic mass is 10.0. The topological polar surface area (TPSA) is 92.3 Å². The monoisotopic (exact) mass is 364 g/mol. The van der Waals surface area contributed by atoms with Gasteiger partial charge in [-0.25, -0.2) is 8.42 Å². The summed E-state index contributed by atoms with van der Waals surface area (Å²) in [5, 5.41) is 5.72. The zero-order chi connectivity index (χ0) is 18.4. The summed E-state index contributed by atoms with van der Waals surface area (Å²) in [6.45, 7) is 5.91. The number of nitrogens with one attached hydrogen (secondary N) is 2. The fraction of sp³-hybridized carbons (Fsp3) is 0.556. The van der Waals surface area contributed by atoms with Crippen LogP contribution in [0.5, 0.6) is 0 Å². The second-order valence-corrected chi connectivity index (χ2v) is 9.55. The van der Waals surface area contributed by atoms with E-state index in [0.717, 1.165) is 22.4 Å².